The van der Waals surface area contributed by atoms with E-state index in [1.807, 2.05) is 11.7 Å². The first kappa shape index (κ1) is 12.5. The molecule has 5 nitrogen and oxygen atoms in total. The van der Waals surface area contributed by atoms with Gasteiger partial charge in [-0.15, -0.1) is 11.3 Å². The van der Waals surface area contributed by atoms with Gasteiger partial charge in [0.2, 0.25) is 5.88 Å². The summed E-state index contributed by atoms with van der Waals surface area (Å²) >= 11 is 1.72. The molecule has 1 fully saturated rings. The van der Waals surface area contributed by atoms with Crippen LogP contribution >= 0.6 is 11.3 Å². The van der Waals surface area contributed by atoms with Crippen molar-refractivity contribution in [2.75, 3.05) is 19.7 Å². The molecule has 0 spiro atoms. The van der Waals surface area contributed by atoms with E-state index >= 15 is 0 Å². The zero-order valence-corrected chi connectivity index (χ0v) is 11.4. The summed E-state index contributed by atoms with van der Waals surface area (Å²) < 4.78 is 5.66. The molecule has 100 valence electrons. The van der Waals surface area contributed by atoms with Crippen LogP contribution < -0.4 is 4.74 Å². The number of aromatic nitrogens is 3. The Labute approximate surface area is 116 Å². The Bertz CT molecular complexity index is 491. The first-order valence-electron chi connectivity index (χ1n) is 6.38. The van der Waals surface area contributed by atoms with E-state index in [1.165, 1.54) is 11.3 Å². The number of ether oxygens (including phenoxy) is 1. The SMILES string of the molecule is c1cnc(OCC2CCN(Cc3cncs3)C2)cn1. The summed E-state index contributed by atoms with van der Waals surface area (Å²) in [4.78, 5) is 16.0. The second kappa shape index (κ2) is 6.08. The molecule has 2 aromatic rings. The lowest BCUT2D eigenvalue weighted by molar-refractivity contribution is 0.231. The molecule has 1 aliphatic heterocycles. The van der Waals surface area contributed by atoms with Gasteiger partial charge in [0.25, 0.3) is 0 Å². The van der Waals surface area contributed by atoms with Gasteiger partial charge in [-0.05, 0) is 13.0 Å². The van der Waals surface area contributed by atoms with Crippen molar-refractivity contribution in [3.8, 4) is 5.88 Å². The molecule has 1 aliphatic rings. The fourth-order valence-corrected chi connectivity index (χ4v) is 2.93. The Morgan fingerprint density at radius 1 is 1.32 bits per heavy atom. The third-order valence-electron chi connectivity index (χ3n) is 3.24. The van der Waals surface area contributed by atoms with Gasteiger partial charge in [0.15, 0.2) is 0 Å². The summed E-state index contributed by atoms with van der Waals surface area (Å²) in [5, 5.41) is 0. The van der Waals surface area contributed by atoms with Crippen molar-refractivity contribution in [1.29, 1.82) is 0 Å². The van der Waals surface area contributed by atoms with Crippen LogP contribution in [0.25, 0.3) is 0 Å². The van der Waals surface area contributed by atoms with Crippen LogP contribution in [-0.2, 0) is 6.54 Å². The van der Waals surface area contributed by atoms with E-state index in [2.05, 4.69) is 19.9 Å². The maximum absolute atomic E-state index is 5.66. The molecule has 1 saturated heterocycles. The maximum atomic E-state index is 5.66. The standard InChI is InChI=1S/C13H16N4OS/c1-4-17(8-12-5-15-10-19-12)7-11(1)9-18-13-6-14-2-3-16-13/h2-3,5-6,10-11H,1,4,7-9H2. The van der Waals surface area contributed by atoms with Gasteiger partial charge in [-0.2, -0.15) is 0 Å². The number of thiazole rings is 1. The van der Waals surface area contributed by atoms with Gasteiger partial charge >= 0.3 is 0 Å². The van der Waals surface area contributed by atoms with Crippen LogP contribution in [0, 0.1) is 5.92 Å². The third-order valence-corrected chi connectivity index (χ3v) is 4.00. The molecule has 19 heavy (non-hydrogen) atoms. The molecular weight excluding hydrogens is 260 g/mol. The van der Waals surface area contributed by atoms with Crippen LogP contribution in [0.3, 0.4) is 0 Å². The molecule has 0 amide bonds. The smallest absolute Gasteiger partial charge is 0.232 e. The maximum Gasteiger partial charge on any atom is 0.232 e. The second-order valence-corrected chi connectivity index (χ2v) is 5.68. The minimum atomic E-state index is 0.579. The van der Waals surface area contributed by atoms with Gasteiger partial charge in [-0.25, -0.2) is 4.98 Å². The van der Waals surface area contributed by atoms with Crippen molar-refractivity contribution < 1.29 is 4.74 Å². The van der Waals surface area contributed by atoms with E-state index in [9.17, 15) is 0 Å². The van der Waals surface area contributed by atoms with Crippen LogP contribution in [0.1, 0.15) is 11.3 Å². The van der Waals surface area contributed by atoms with E-state index < -0.39 is 0 Å². The average Bonchev–Trinajstić information content (AvgIpc) is 3.10. The monoisotopic (exact) mass is 276 g/mol. The Kier molecular flexibility index (Phi) is 4.00. The van der Waals surface area contributed by atoms with Crippen molar-refractivity contribution in [2.45, 2.75) is 13.0 Å². The molecule has 0 N–H and O–H groups in total. The first-order valence-corrected chi connectivity index (χ1v) is 7.26. The lowest BCUT2D eigenvalue weighted by Crippen LogP contribution is -2.21. The molecule has 1 unspecified atom stereocenters. The van der Waals surface area contributed by atoms with E-state index in [0.29, 0.717) is 11.8 Å². The number of likely N-dealkylation sites (tertiary alicyclic amines) is 1. The average molecular weight is 276 g/mol. The van der Waals surface area contributed by atoms with E-state index in [1.54, 1.807) is 29.9 Å². The first-order chi connectivity index (χ1) is 9.40. The Morgan fingerprint density at radius 2 is 2.32 bits per heavy atom. The van der Waals surface area contributed by atoms with Crippen molar-refractivity contribution in [3.05, 3.63) is 35.2 Å². The van der Waals surface area contributed by atoms with E-state index in [-0.39, 0.29) is 0 Å². The minimum Gasteiger partial charge on any atom is -0.476 e. The zero-order chi connectivity index (χ0) is 12.9. The molecule has 3 rings (SSSR count). The van der Waals surface area contributed by atoms with Gasteiger partial charge in [0.05, 0.1) is 18.3 Å². The molecule has 2 aromatic heterocycles. The van der Waals surface area contributed by atoms with Crippen molar-refractivity contribution >= 4 is 11.3 Å². The number of hydrogen-bond donors (Lipinski definition) is 0. The van der Waals surface area contributed by atoms with Gasteiger partial charge in [0, 0.05) is 42.5 Å². The van der Waals surface area contributed by atoms with E-state index in [0.717, 1.165) is 26.2 Å². The Hall–Kier alpha value is -1.53. The quantitative estimate of drug-likeness (QED) is 0.834. The van der Waals surface area contributed by atoms with Crippen LogP contribution in [0.5, 0.6) is 5.88 Å². The highest BCUT2D eigenvalue weighted by Gasteiger charge is 2.23. The second-order valence-electron chi connectivity index (χ2n) is 4.71. The highest BCUT2D eigenvalue weighted by molar-refractivity contribution is 7.09. The molecule has 0 aromatic carbocycles. The molecule has 0 radical (unpaired) electrons. The number of rotatable bonds is 5. The summed E-state index contributed by atoms with van der Waals surface area (Å²) in [6.07, 6.45) is 8.09. The van der Waals surface area contributed by atoms with Crippen LogP contribution in [0.4, 0.5) is 0 Å². The van der Waals surface area contributed by atoms with Crippen molar-refractivity contribution in [1.82, 2.24) is 19.9 Å². The predicted molar refractivity (Wildman–Crippen MR) is 73.0 cm³/mol. The minimum absolute atomic E-state index is 0.579. The van der Waals surface area contributed by atoms with Crippen LogP contribution in [0.15, 0.2) is 30.3 Å². The molecule has 1 atom stereocenters. The molecule has 6 heteroatoms. The summed E-state index contributed by atoms with van der Waals surface area (Å²) in [7, 11) is 0. The fraction of sp³-hybridized carbons (Fsp3) is 0.462. The van der Waals surface area contributed by atoms with E-state index in [4.69, 9.17) is 4.74 Å². The highest BCUT2D eigenvalue weighted by atomic mass is 32.1. The molecule has 0 aliphatic carbocycles. The summed E-state index contributed by atoms with van der Waals surface area (Å²) in [5.74, 6) is 1.19. The van der Waals surface area contributed by atoms with Gasteiger partial charge < -0.3 is 4.74 Å². The summed E-state index contributed by atoms with van der Waals surface area (Å²) in [5.41, 5.74) is 1.89. The largest absolute Gasteiger partial charge is 0.476 e. The fourth-order valence-electron chi connectivity index (χ4n) is 2.30. The topological polar surface area (TPSA) is 51.1 Å². The summed E-state index contributed by atoms with van der Waals surface area (Å²) in [6, 6.07) is 0. The molecular formula is C13H16N4OS. The molecule has 3 heterocycles. The third kappa shape index (κ3) is 3.48. The normalized spacial score (nSPS) is 19.7. The summed E-state index contributed by atoms with van der Waals surface area (Å²) in [6.45, 7) is 3.94. The van der Waals surface area contributed by atoms with Crippen LogP contribution in [0.2, 0.25) is 0 Å². The zero-order valence-electron chi connectivity index (χ0n) is 10.6. The predicted octanol–water partition coefficient (Wildman–Crippen LogP) is 1.83. The molecule has 0 bridgehead atoms. The van der Waals surface area contributed by atoms with Crippen LogP contribution in [-0.4, -0.2) is 39.5 Å². The lowest BCUT2D eigenvalue weighted by atomic mass is 10.1. The highest BCUT2D eigenvalue weighted by Crippen LogP contribution is 2.20. The number of hydrogen-bond acceptors (Lipinski definition) is 6. The number of nitrogens with zero attached hydrogens (tertiary/aromatic N) is 4. The Balaban J connectivity index is 1.44. The van der Waals surface area contributed by atoms with Crippen molar-refractivity contribution in [3.63, 3.8) is 0 Å². The van der Waals surface area contributed by atoms with Gasteiger partial charge in [-0.3, -0.25) is 14.9 Å². The lowest BCUT2D eigenvalue weighted by Gasteiger charge is -2.14. The molecule has 0 saturated carbocycles. The van der Waals surface area contributed by atoms with Gasteiger partial charge in [-0.1, -0.05) is 0 Å². The Morgan fingerprint density at radius 3 is 3.11 bits per heavy atom. The van der Waals surface area contributed by atoms with Crippen molar-refractivity contribution in [2.24, 2.45) is 5.92 Å². The van der Waals surface area contributed by atoms with Gasteiger partial charge in [0.1, 0.15) is 0 Å².